The zero-order chi connectivity index (χ0) is 20.8. The molecule has 0 unspecified atom stereocenters. The van der Waals surface area contributed by atoms with Crippen LogP contribution in [0.3, 0.4) is 0 Å². The molecule has 2 rings (SSSR count). The quantitative estimate of drug-likeness (QED) is 0.235. The van der Waals surface area contributed by atoms with Crippen molar-refractivity contribution >= 4 is 35.6 Å². The number of rotatable bonds is 6. The number of ether oxygens (including phenoxy) is 2. The highest BCUT2D eigenvalue weighted by atomic mass is 127. The van der Waals surface area contributed by atoms with E-state index in [1.54, 1.807) is 6.07 Å². The summed E-state index contributed by atoms with van der Waals surface area (Å²) in [6.07, 6.45) is -9.39. The zero-order valence-corrected chi connectivity index (χ0v) is 16.9. The van der Waals surface area contributed by atoms with Crippen LogP contribution in [0.1, 0.15) is 5.56 Å². The van der Waals surface area contributed by atoms with Gasteiger partial charge < -0.3 is 20.5 Å². The van der Waals surface area contributed by atoms with E-state index in [9.17, 15) is 26.3 Å². The molecule has 0 aliphatic heterocycles. The molecular formula is C17H16F6IN3O2. The van der Waals surface area contributed by atoms with Crippen molar-refractivity contribution in [3.8, 4) is 11.5 Å². The van der Waals surface area contributed by atoms with Crippen LogP contribution < -0.4 is 20.5 Å². The Morgan fingerprint density at radius 3 is 2.14 bits per heavy atom. The van der Waals surface area contributed by atoms with Gasteiger partial charge in [0.05, 0.1) is 12.2 Å². The summed E-state index contributed by atoms with van der Waals surface area (Å²) in [7, 11) is 0. The van der Waals surface area contributed by atoms with Crippen molar-refractivity contribution in [2.24, 2.45) is 10.7 Å². The van der Waals surface area contributed by atoms with Gasteiger partial charge in [-0.1, -0.05) is 30.3 Å². The van der Waals surface area contributed by atoms with Gasteiger partial charge in [0.25, 0.3) is 0 Å². The van der Waals surface area contributed by atoms with Crippen LogP contribution in [0.15, 0.2) is 53.5 Å². The average Bonchev–Trinajstić information content (AvgIpc) is 2.58. The lowest BCUT2D eigenvalue weighted by Crippen LogP contribution is -2.24. The van der Waals surface area contributed by atoms with Gasteiger partial charge in [-0.25, -0.2) is 4.99 Å². The van der Waals surface area contributed by atoms with Crippen molar-refractivity contribution in [1.82, 2.24) is 0 Å². The molecule has 0 aromatic heterocycles. The molecule has 0 aliphatic carbocycles. The molecule has 0 aliphatic rings. The molecule has 0 bridgehead atoms. The van der Waals surface area contributed by atoms with E-state index in [-0.39, 0.29) is 47.9 Å². The smallest absolute Gasteiger partial charge is 0.484 e. The topological polar surface area (TPSA) is 68.9 Å². The Hall–Kier alpha value is -2.38. The van der Waals surface area contributed by atoms with Gasteiger partial charge in [-0.3, -0.25) is 0 Å². The first kappa shape index (κ1) is 24.7. The predicted molar refractivity (Wildman–Crippen MR) is 105 cm³/mol. The van der Waals surface area contributed by atoms with E-state index in [2.05, 4.69) is 15.0 Å². The Morgan fingerprint density at radius 2 is 1.52 bits per heavy atom. The highest BCUT2D eigenvalue weighted by Crippen LogP contribution is 2.30. The summed E-state index contributed by atoms with van der Waals surface area (Å²) in [6, 6.07) is 11.1. The first-order chi connectivity index (χ1) is 13.0. The van der Waals surface area contributed by atoms with Crippen molar-refractivity contribution in [2.45, 2.75) is 19.1 Å². The van der Waals surface area contributed by atoms with E-state index in [0.717, 1.165) is 6.07 Å². The minimum atomic E-state index is -4.89. The van der Waals surface area contributed by atoms with Gasteiger partial charge in [-0.05, 0) is 18.2 Å². The number of aliphatic imine (C=N–C) groups is 1. The van der Waals surface area contributed by atoms with Crippen LogP contribution >= 0.6 is 24.0 Å². The van der Waals surface area contributed by atoms with Crippen molar-refractivity contribution in [3.05, 3.63) is 54.1 Å². The van der Waals surface area contributed by atoms with Crippen LogP contribution in [0.5, 0.6) is 11.5 Å². The largest absolute Gasteiger partial charge is 0.573 e. The normalized spacial score (nSPS) is 12.1. The molecule has 5 nitrogen and oxygen atoms in total. The minimum Gasteiger partial charge on any atom is -0.484 e. The molecule has 0 spiro atoms. The second kappa shape index (κ2) is 10.4. The number of alkyl halides is 6. The number of benzene rings is 2. The Bertz CT molecular complexity index is 827. The maximum Gasteiger partial charge on any atom is 0.573 e. The summed E-state index contributed by atoms with van der Waals surface area (Å²) in [4.78, 5) is 3.92. The monoisotopic (exact) mass is 535 g/mol. The average molecular weight is 535 g/mol. The number of para-hydroxylation sites is 3. The van der Waals surface area contributed by atoms with Crippen molar-refractivity contribution in [1.29, 1.82) is 0 Å². The standard InChI is InChI=1S/C17H15F6N3O2.HI/c18-16(19,20)10-27-13-7-3-1-5-11(13)9-25-15(24)26-12-6-2-4-8-14(12)28-17(21,22)23;/h1-8H,9-10H2,(H3,24,25,26);1H. The summed E-state index contributed by atoms with van der Waals surface area (Å²) in [5.74, 6) is -0.803. The summed E-state index contributed by atoms with van der Waals surface area (Å²) in [5, 5.41) is 2.46. The van der Waals surface area contributed by atoms with E-state index in [4.69, 9.17) is 10.5 Å². The third kappa shape index (κ3) is 9.11. The molecule has 2 aromatic carbocycles. The molecule has 2 aromatic rings. The van der Waals surface area contributed by atoms with Crippen molar-refractivity contribution < 1.29 is 35.8 Å². The third-order valence-electron chi connectivity index (χ3n) is 3.16. The molecule has 0 fully saturated rings. The van der Waals surface area contributed by atoms with Crippen LogP contribution in [-0.4, -0.2) is 25.1 Å². The Morgan fingerprint density at radius 1 is 0.931 bits per heavy atom. The first-order valence-electron chi connectivity index (χ1n) is 7.73. The summed E-state index contributed by atoms with van der Waals surface area (Å²) < 4.78 is 82.8. The maximum atomic E-state index is 12.4. The van der Waals surface area contributed by atoms with Gasteiger partial charge in [0.2, 0.25) is 0 Å². The summed E-state index contributed by atoms with van der Waals surface area (Å²) >= 11 is 0. The molecular weight excluding hydrogens is 519 g/mol. The molecule has 0 amide bonds. The molecule has 0 radical (unpaired) electrons. The molecule has 0 saturated carbocycles. The van der Waals surface area contributed by atoms with Crippen LogP contribution in [-0.2, 0) is 6.54 Å². The van der Waals surface area contributed by atoms with Gasteiger partial charge in [-0.2, -0.15) is 13.2 Å². The Labute approximate surface area is 178 Å². The highest BCUT2D eigenvalue weighted by Gasteiger charge is 2.32. The molecule has 3 N–H and O–H groups in total. The van der Waals surface area contributed by atoms with Gasteiger partial charge in [-0.15, -0.1) is 37.1 Å². The fourth-order valence-electron chi connectivity index (χ4n) is 2.07. The summed E-state index contributed by atoms with van der Waals surface area (Å²) in [5.41, 5.74) is 5.90. The van der Waals surface area contributed by atoms with E-state index >= 15 is 0 Å². The molecule has 0 saturated heterocycles. The lowest BCUT2D eigenvalue weighted by Gasteiger charge is -2.14. The SMILES string of the molecule is I.NC(=NCc1ccccc1OCC(F)(F)F)Nc1ccccc1OC(F)(F)F. The molecule has 160 valence electrons. The van der Waals surface area contributed by atoms with E-state index in [0.29, 0.717) is 5.56 Å². The maximum absolute atomic E-state index is 12.4. The van der Waals surface area contributed by atoms with Gasteiger partial charge >= 0.3 is 12.5 Å². The fourth-order valence-corrected chi connectivity index (χ4v) is 2.07. The fraction of sp³-hybridized carbons (Fsp3) is 0.235. The number of halogens is 7. The van der Waals surface area contributed by atoms with Crippen LogP contribution in [0.25, 0.3) is 0 Å². The van der Waals surface area contributed by atoms with Gasteiger partial charge in [0, 0.05) is 5.56 Å². The lowest BCUT2D eigenvalue weighted by atomic mass is 10.2. The molecule has 29 heavy (non-hydrogen) atoms. The first-order valence-corrected chi connectivity index (χ1v) is 7.73. The van der Waals surface area contributed by atoms with E-state index in [1.807, 2.05) is 0 Å². The number of nitrogens with zero attached hydrogens (tertiary/aromatic N) is 1. The number of nitrogens with two attached hydrogens (primary N) is 1. The molecule has 0 atom stereocenters. The highest BCUT2D eigenvalue weighted by molar-refractivity contribution is 14.0. The number of hydrogen-bond donors (Lipinski definition) is 2. The molecule has 12 heteroatoms. The lowest BCUT2D eigenvalue weighted by molar-refractivity contribution is -0.274. The zero-order valence-electron chi connectivity index (χ0n) is 14.6. The third-order valence-corrected chi connectivity index (χ3v) is 3.16. The predicted octanol–water partition coefficient (Wildman–Crippen LogP) is 5.07. The number of hydrogen-bond acceptors (Lipinski definition) is 3. The minimum absolute atomic E-state index is 0. The van der Waals surface area contributed by atoms with E-state index in [1.165, 1.54) is 36.4 Å². The summed E-state index contributed by atoms with van der Waals surface area (Å²) in [6.45, 7) is -1.63. The van der Waals surface area contributed by atoms with Crippen LogP contribution in [0.4, 0.5) is 32.0 Å². The Kier molecular flexibility index (Phi) is 8.85. The van der Waals surface area contributed by atoms with Crippen molar-refractivity contribution in [2.75, 3.05) is 11.9 Å². The number of guanidine groups is 1. The second-order valence-corrected chi connectivity index (χ2v) is 5.38. The molecule has 0 heterocycles. The number of anilines is 1. The van der Waals surface area contributed by atoms with Crippen LogP contribution in [0.2, 0.25) is 0 Å². The Balaban J connectivity index is 0.00000420. The second-order valence-electron chi connectivity index (χ2n) is 5.38. The van der Waals surface area contributed by atoms with Gasteiger partial charge in [0.15, 0.2) is 18.3 Å². The van der Waals surface area contributed by atoms with Crippen LogP contribution in [0, 0.1) is 0 Å². The van der Waals surface area contributed by atoms with Gasteiger partial charge in [0.1, 0.15) is 5.75 Å². The van der Waals surface area contributed by atoms with E-state index < -0.39 is 24.9 Å². The number of nitrogens with one attached hydrogen (secondary N) is 1. The van der Waals surface area contributed by atoms with Crippen molar-refractivity contribution in [3.63, 3.8) is 0 Å².